The summed E-state index contributed by atoms with van der Waals surface area (Å²) in [4.78, 5) is 12.0. The van der Waals surface area contributed by atoms with Crippen molar-refractivity contribution < 1.29 is 9.18 Å². The molecule has 1 aromatic rings. The molecule has 0 aliphatic heterocycles. The Hall–Kier alpha value is -0.830. The molecule has 1 aromatic carbocycles. The van der Waals surface area contributed by atoms with Crippen LogP contribution >= 0.6 is 11.8 Å². The SMILES string of the molecule is CC(=O)c1cccc(F)c1SC1CCCC1. The Balaban J connectivity index is 2.26. The Labute approximate surface area is 99.4 Å². The molecule has 0 aromatic heterocycles. The van der Waals surface area contributed by atoms with Crippen LogP contribution in [0, 0.1) is 5.82 Å². The number of rotatable bonds is 3. The predicted octanol–water partition coefficient (Wildman–Crippen LogP) is 4.06. The normalized spacial score (nSPS) is 16.6. The minimum absolute atomic E-state index is 0.0556. The van der Waals surface area contributed by atoms with E-state index >= 15 is 0 Å². The molecule has 0 amide bonds. The van der Waals surface area contributed by atoms with E-state index in [1.165, 1.54) is 37.6 Å². The maximum Gasteiger partial charge on any atom is 0.161 e. The summed E-state index contributed by atoms with van der Waals surface area (Å²) in [6.45, 7) is 1.49. The van der Waals surface area contributed by atoms with Crippen molar-refractivity contribution in [1.29, 1.82) is 0 Å². The van der Waals surface area contributed by atoms with Gasteiger partial charge >= 0.3 is 0 Å². The highest BCUT2D eigenvalue weighted by Crippen LogP contribution is 2.37. The molecule has 1 nitrogen and oxygen atoms in total. The number of hydrogen-bond acceptors (Lipinski definition) is 2. The van der Waals surface area contributed by atoms with Crippen LogP contribution in [0.25, 0.3) is 0 Å². The van der Waals surface area contributed by atoms with Crippen LogP contribution in [-0.2, 0) is 0 Å². The van der Waals surface area contributed by atoms with Crippen molar-refractivity contribution in [2.45, 2.75) is 42.8 Å². The van der Waals surface area contributed by atoms with Crippen LogP contribution in [0.5, 0.6) is 0 Å². The maximum absolute atomic E-state index is 13.7. The third-order valence-corrected chi connectivity index (χ3v) is 4.39. The number of hydrogen-bond donors (Lipinski definition) is 0. The van der Waals surface area contributed by atoms with Gasteiger partial charge in [-0.2, -0.15) is 0 Å². The molecule has 0 radical (unpaired) electrons. The number of thioether (sulfide) groups is 1. The van der Waals surface area contributed by atoms with Gasteiger partial charge in [0.05, 0.1) is 4.90 Å². The smallest absolute Gasteiger partial charge is 0.161 e. The van der Waals surface area contributed by atoms with E-state index in [9.17, 15) is 9.18 Å². The highest BCUT2D eigenvalue weighted by Gasteiger charge is 2.20. The Morgan fingerprint density at radius 2 is 2.06 bits per heavy atom. The fraction of sp³-hybridized carbons (Fsp3) is 0.462. The van der Waals surface area contributed by atoms with Crippen molar-refractivity contribution in [3.63, 3.8) is 0 Å². The van der Waals surface area contributed by atoms with E-state index in [2.05, 4.69) is 0 Å². The molecule has 1 aliphatic carbocycles. The van der Waals surface area contributed by atoms with E-state index in [1.54, 1.807) is 12.1 Å². The third-order valence-electron chi connectivity index (χ3n) is 2.93. The van der Waals surface area contributed by atoms with Gasteiger partial charge in [-0.15, -0.1) is 11.8 Å². The lowest BCUT2D eigenvalue weighted by atomic mass is 10.1. The lowest BCUT2D eigenvalue weighted by Gasteiger charge is -2.12. The monoisotopic (exact) mass is 238 g/mol. The molecule has 1 saturated carbocycles. The van der Waals surface area contributed by atoms with Crippen molar-refractivity contribution >= 4 is 17.5 Å². The van der Waals surface area contributed by atoms with E-state index in [4.69, 9.17) is 0 Å². The van der Waals surface area contributed by atoms with E-state index in [1.807, 2.05) is 0 Å². The van der Waals surface area contributed by atoms with Crippen molar-refractivity contribution in [3.05, 3.63) is 29.6 Å². The van der Waals surface area contributed by atoms with Crippen molar-refractivity contribution in [1.82, 2.24) is 0 Å². The standard InChI is InChI=1S/C13H15FOS/c1-9(15)11-7-4-8-12(14)13(11)16-10-5-2-3-6-10/h4,7-8,10H,2-3,5-6H2,1H3. The number of ketones is 1. The van der Waals surface area contributed by atoms with Gasteiger partial charge in [0.25, 0.3) is 0 Å². The lowest BCUT2D eigenvalue weighted by molar-refractivity contribution is 0.101. The Bertz CT molecular complexity index is 397. The van der Waals surface area contributed by atoms with Gasteiger partial charge in [0.15, 0.2) is 5.78 Å². The van der Waals surface area contributed by atoms with E-state index in [-0.39, 0.29) is 11.6 Å². The summed E-state index contributed by atoms with van der Waals surface area (Å²) in [7, 11) is 0. The molecular formula is C13H15FOS. The van der Waals surface area contributed by atoms with Crippen LogP contribution in [0.1, 0.15) is 43.0 Å². The molecule has 86 valence electrons. The number of benzene rings is 1. The molecule has 0 atom stereocenters. The second-order valence-corrected chi connectivity index (χ2v) is 5.51. The minimum atomic E-state index is -0.260. The number of carbonyl (C=O) groups is 1. The van der Waals surface area contributed by atoms with Gasteiger partial charge in [0.1, 0.15) is 5.82 Å². The summed E-state index contributed by atoms with van der Waals surface area (Å²) in [5.41, 5.74) is 0.525. The quantitative estimate of drug-likeness (QED) is 0.738. The molecule has 0 saturated heterocycles. The Morgan fingerprint density at radius 3 is 2.69 bits per heavy atom. The molecule has 0 bridgehead atoms. The maximum atomic E-state index is 13.7. The van der Waals surface area contributed by atoms with E-state index < -0.39 is 0 Å². The second kappa shape index (κ2) is 5.00. The molecule has 0 unspecified atom stereocenters. The van der Waals surface area contributed by atoms with Crippen LogP contribution in [0.4, 0.5) is 4.39 Å². The second-order valence-electron chi connectivity index (χ2n) is 4.20. The lowest BCUT2D eigenvalue weighted by Crippen LogP contribution is -2.02. The molecule has 0 heterocycles. The predicted molar refractivity (Wildman–Crippen MR) is 64.5 cm³/mol. The van der Waals surface area contributed by atoms with Gasteiger partial charge in [-0.25, -0.2) is 4.39 Å². The van der Waals surface area contributed by atoms with Crippen LogP contribution < -0.4 is 0 Å². The van der Waals surface area contributed by atoms with Gasteiger partial charge in [-0.1, -0.05) is 25.0 Å². The number of carbonyl (C=O) groups excluding carboxylic acids is 1. The number of Topliss-reactive ketones (excluding diaryl/α,β-unsaturated/α-hetero) is 1. The highest BCUT2D eigenvalue weighted by molar-refractivity contribution is 8.00. The van der Waals surface area contributed by atoms with Crippen LogP contribution in [0.3, 0.4) is 0 Å². The molecule has 1 aliphatic rings. The third kappa shape index (κ3) is 2.46. The summed E-state index contributed by atoms with van der Waals surface area (Å²) < 4.78 is 13.7. The van der Waals surface area contributed by atoms with Gasteiger partial charge in [0, 0.05) is 10.8 Å². The van der Waals surface area contributed by atoms with Crippen LogP contribution in [0.15, 0.2) is 23.1 Å². The summed E-state index contributed by atoms with van der Waals surface area (Å²) in [6, 6.07) is 4.75. The fourth-order valence-corrected chi connectivity index (χ4v) is 3.50. The average Bonchev–Trinajstić information content (AvgIpc) is 2.73. The van der Waals surface area contributed by atoms with Gasteiger partial charge in [-0.3, -0.25) is 4.79 Å². The topological polar surface area (TPSA) is 17.1 Å². The molecular weight excluding hydrogens is 223 g/mol. The minimum Gasteiger partial charge on any atom is -0.294 e. The summed E-state index contributed by atoms with van der Waals surface area (Å²) in [5.74, 6) is -0.315. The first-order chi connectivity index (χ1) is 7.68. The molecule has 16 heavy (non-hydrogen) atoms. The van der Waals surface area contributed by atoms with E-state index in [0.29, 0.717) is 15.7 Å². The molecule has 1 fully saturated rings. The van der Waals surface area contributed by atoms with Crippen molar-refractivity contribution in [3.8, 4) is 0 Å². The zero-order chi connectivity index (χ0) is 11.5. The van der Waals surface area contributed by atoms with Gasteiger partial charge in [0.2, 0.25) is 0 Å². The first kappa shape index (κ1) is 11.6. The molecule has 0 N–H and O–H groups in total. The van der Waals surface area contributed by atoms with Crippen molar-refractivity contribution in [2.24, 2.45) is 0 Å². The highest BCUT2D eigenvalue weighted by atomic mass is 32.2. The molecule has 0 spiro atoms. The summed E-state index contributed by atoms with van der Waals surface area (Å²) in [6.07, 6.45) is 4.72. The number of halogens is 1. The fourth-order valence-electron chi connectivity index (χ4n) is 2.08. The summed E-state index contributed by atoms with van der Waals surface area (Å²) >= 11 is 1.54. The zero-order valence-corrected chi connectivity index (χ0v) is 10.1. The van der Waals surface area contributed by atoms with E-state index in [0.717, 1.165) is 12.8 Å². The summed E-state index contributed by atoms with van der Waals surface area (Å²) in [5, 5.41) is 0.481. The van der Waals surface area contributed by atoms with Gasteiger partial charge < -0.3 is 0 Å². The van der Waals surface area contributed by atoms with Crippen LogP contribution in [0.2, 0.25) is 0 Å². The largest absolute Gasteiger partial charge is 0.294 e. The van der Waals surface area contributed by atoms with Crippen LogP contribution in [-0.4, -0.2) is 11.0 Å². The van der Waals surface area contributed by atoms with Crippen molar-refractivity contribution in [2.75, 3.05) is 0 Å². The molecule has 3 heteroatoms. The van der Waals surface area contributed by atoms with Gasteiger partial charge in [-0.05, 0) is 25.8 Å². The Kier molecular flexibility index (Phi) is 3.64. The average molecular weight is 238 g/mol. The molecule has 2 rings (SSSR count). The zero-order valence-electron chi connectivity index (χ0n) is 9.33. The first-order valence-corrected chi connectivity index (χ1v) is 6.52. The first-order valence-electron chi connectivity index (χ1n) is 5.64. The Morgan fingerprint density at radius 1 is 1.38 bits per heavy atom.